The largest absolute Gasteiger partial charge is 0.514 e. The molecule has 1 aromatic carbocycles. The van der Waals surface area contributed by atoms with E-state index in [4.69, 9.17) is 17.3 Å². The van der Waals surface area contributed by atoms with Gasteiger partial charge in [-0.05, 0) is 38.1 Å². The third-order valence-electron chi connectivity index (χ3n) is 5.79. The minimum atomic E-state index is -1.10. The number of amides is 1. The number of halogens is 1. The summed E-state index contributed by atoms with van der Waals surface area (Å²) in [5, 5.41) is 8.75. The predicted molar refractivity (Wildman–Crippen MR) is 116 cm³/mol. The van der Waals surface area contributed by atoms with Crippen molar-refractivity contribution in [2.75, 3.05) is 6.54 Å². The lowest BCUT2D eigenvalue weighted by atomic mass is 9.95. The molecular weight excluding hydrogens is 428 g/mol. The van der Waals surface area contributed by atoms with Gasteiger partial charge in [-0.15, -0.1) is 11.6 Å². The van der Waals surface area contributed by atoms with E-state index in [2.05, 4.69) is 0 Å². The number of thioether (sulfide) groups is 1. The second-order valence-corrected chi connectivity index (χ2v) is 9.25. The molecule has 164 valence electrons. The Balaban J connectivity index is 2.41. The zero-order chi connectivity index (χ0) is 22.6. The van der Waals surface area contributed by atoms with Crippen molar-refractivity contribution in [3.05, 3.63) is 35.4 Å². The molecule has 0 aromatic heterocycles. The van der Waals surface area contributed by atoms with Crippen molar-refractivity contribution in [1.29, 1.82) is 0 Å². The summed E-state index contributed by atoms with van der Waals surface area (Å²) in [5.74, 6) is -2.14. The monoisotopic (exact) mass is 455 g/mol. The van der Waals surface area contributed by atoms with Crippen molar-refractivity contribution >= 4 is 46.1 Å². The van der Waals surface area contributed by atoms with E-state index in [9.17, 15) is 24.3 Å². The van der Waals surface area contributed by atoms with E-state index < -0.39 is 44.6 Å². The molecule has 1 heterocycles. The van der Waals surface area contributed by atoms with Crippen LogP contribution in [0.4, 0.5) is 4.79 Å². The van der Waals surface area contributed by atoms with Gasteiger partial charge >= 0.3 is 6.09 Å². The van der Waals surface area contributed by atoms with Crippen LogP contribution in [0.1, 0.15) is 49.5 Å². The first-order chi connectivity index (χ1) is 14.1. The fourth-order valence-corrected chi connectivity index (χ4v) is 5.47. The molecule has 3 unspecified atom stereocenters. The highest BCUT2D eigenvalue weighted by Crippen LogP contribution is 2.40. The number of alkyl halides is 1. The fourth-order valence-electron chi connectivity index (χ4n) is 3.92. The maximum Gasteiger partial charge on any atom is 0.514 e. The van der Waals surface area contributed by atoms with Crippen LogP contribution < -0.4 is 5.73 Å². The number of benzene rings is 1. The number of carboxylic acid groups (broad SMARTS) is 1. The number of ketones is 2. The number of quaternary nitrogens is 1. The van der Waals surface area contributed by atoms with Gasteiger partial charge in [0.25, 0.3) is 0 Å². The van der Waals surface area contributed by atoms with Crippen molar-refractivity contribution in [3.63, 3.8) is 0 Å². The molecule has 1 aromatic rings. The zero-order valence-electron chi connectivity index (χ0n) is 17.3. The lowest BCUT2D eigenvalue weighted by Gasteiger charge is -2.41. The Morgan fingerprint density at radius 1 is 1.23 bits per heavy atom. The molecule has 0 spiro atoms. The molecule has 3 N–H and O–H groups in total. The Labute approximate surface area is 185 Å². The van der Waals surface area contributed by atoms with E-state index in [-0.39, 0.29) is 24.0 Å². The Morgan fingerprint density at radius 2 is 1.83 bits per heavy atom. The van der Waals surface area contributed by atoms with E-state index in [0.29, 0.717) is 12.8 Å². The molecule has 0 bridgehead atoms. The molecule has 0 aliphatic carbocycles. The number of nitrogens with two attached hydrogens (primary N) is 1. The number of rotatable bonds is 8. The van der Waals surface area contributed by atoms with Crippen LogP contribution in [0.2, 0.25) is 0 Å². The smallest absolute Gasteiger partial charge is 0.435 e. The standard InChI is InChI=1S/C21H27ClN2O5S/c1-12-5-4-10-24(12,21(28)29)19(30-20(27)14(3)23)13(2)17(25)18(26)16-8-6-15(11-22)7-9-16/h6-9,12-14,19H,4-5,10-11,23H2,1-3H3/p+1/t12-,13+,14?,19?,24?/m1/s1. The molecule has 9 heteroatoms. The van der Waals surface area contributed by atoms with Crippen LogP contribution in [-0.2, 0) is 15.5 Å². The van der Waals surface area contributed by atoms with Gasteiger partial charge in [0.05, 0.1) is 24.5 Å². The Morgan fingerprint density at radius 3 is 2.27 bits per heavy atom. The second-order valence-electron chi connectivity index (χ2n) is 7.86. The number of nitrogens with zero attached hydrogens (tertiary/aromatic N) is 1. The topological polar surface area (TPSA) is 115 Å². The number of hydrogen-bond donors (Lipinski definition) is 2. The molecule has 0 radical (unpaired) electrons. The van der Waals surface area contributed by atoms with Gasteiger partial charge in [0, 0.05) is 24.3 Å². The summed E-state index contributed by atoms with van der Waals surface area (Å²) in [6, 6.07) is 5.27. The van der Waals surface area contributed by atoms with Gasteiger partial charge in [-0.25, -0.2) is 4.48 Å². The molecule has 1 aliphatic heterocycles. The van der Waals surface area contributed by atoms with Gasteiger partial charge in [-0.3, -0.25) is 14.4 Å². The van der Waals surface area contributed by atoms with E-state index in [1.807, 2.05) is 0 Å². The maximum absolute atomic E-state index is 13.1. The Hall–Kier alpha value is -1.74. The summed E-state index contributed by atoms with van der Waals surface area (Å²) in [7, 11) is 0. The summed E-state index contributed by atoms with van der Waals surface area (Å²) < 4.78 is -0.436. The van der Waals surface area contributed by atoms with Crippen LogP contribution >= 0.6 is 23.4 Å². The molecular formula is C21H28ClN2O5S+. The predicted octanol–water partition coefficient (Wildman–Crippen LogP) is 3.42. The van der Waals surface area contributed by atoms with Crippen LogP contribution in [0.3, 0.4) is 0 Å². The molecule has 7 nitrogen and oxygen atoms in total. The van der Waals surface area contributed by atoms with Crippen LogP contribution in [0.15, 0.2) is 24.3 Å². The first-order valence-electron chi connectivity index (χ1n) is 9.86. The number of Topliss-reactive ketones (excluding diaryl/α,β-unsaturated/α-hetero) is 2. The average Bonchev–Trinajstić information content (AvgIpc) is 3.12. The molecule has 2 rings (SSSR count). The third kappa shape index (κ3) is 4.77. The van der Waals surface area contributed by atoms with E-state index in [1.54, 1.807) is 19.1 Å². The summed E-state index contributed by atoms with van der Waals surface area (Å²) in [6.45, 7) is 5.13. The van der Waals surface area contributed by atoms with Gasteiger partial charge in [0.15, 0.2) is 5.37 Å². The number of hydrogen-bond acceptors (Lipinski definition) is 6. The molecule has 1 saturated heterocycles. The third-order valence-corrected chi connectivity index (χ3v) is 7.73. The normalized spacial score (nSPS) is 24.1. The molecule has 1 aliphatic rings. The van der Waals surface area contributed by atoms with Crippen molar-refractivity contribution in [2.45, 2.75) is 57.0 Å². The SMILES string of the molecule is CC(N)C(=O)SC([C@@H](C)C(=O)C(=O)c1ccc(CCl)cc1)[N+]1(C(=O)O)CCC[C@H]1C. The lowest BCUT2D eigenvalue weighted by molar-refractivity contribution is -0.879. The molecule has 0 saturated carbocycles. The fraction of sp³-hybridized carbons (Fsp3) is 0.524. The van der Waals surface area contributed by atoms with Gasteiger partial charge in [-0.2, -0.15) is 4.79 Å². The van der Waals surface area contributed by atoms with Gasteiger partial charge in [-0.1, -0.05) is 24.3 Å². The average molecular weight is 456 g/mol. The molecule has 1 fully saturated rings. The maximum atomic E-state index is 13.1. The minimum Gasteiger partial charge on any atom is -0.435 e. The minimum absolute atomic E-state index is 0.208. The summed E-state index contributed by atoms with van der Waals surface area (Å²) in [5.41, 5.74) is 6.72. The van der Waals surface area contributed by atoms with Gasteiger partial charge in [0.1, 0.15) is 0 Å². The summed E-state index contributed by atoms with van der Waals surface area (Å²) in [6.07, 6.45) is 0.212. The van der Waals surface area contributed by atoms with Crippen molar-refractivity contribution in [3.8, 4) is 0 Å². The van der Waals surface area contributed by atoms with Crippen LogP contribution in [0.5, 0.6) is 0 Å². The van der Waals surface area contributed by atoms with Crippen LogP contribution in [0, 0.1) is 5.92 Å². The molecule has 1 amide bonds. The number of carbonyl (C=O) groups is 4. The van der Waals surface area contributed by atoms with E-state index in [0.717, 1.165) is 17.3 Å². The van der Waals surface area contributed by atoms with Gasteiger partial charge in [0.2, 0.25) is 16.7 Å². The lowest BCUT2D eigenvalue weighted by Crippen LogP contribution is -2.63. The van der Waals surface area contributed by atoms with Crippen molar-refractivity contribution in [2.24, 2.45) is 11.7 Å². The molecule has 30 heavy (non-hydrogen) atoms. The van der Waals surface area contributed by atoms with E-state index >= 15 is 0 Å². The van der Waals surface area contributed by atoms with Crippen molar-refractivity contribution in [1.82, 2.24) is 0 Å². The van der Waals surface area contributed by atoms with Crippen LogP contribution in [0.25, 0.3) is 0 Å². The molecule has 5 atom stereocenters. The zero-order valence-corrected chi connectivity index (χ0v) is 18.9. The first-order valence-corrected chi connectivity index (χ1v) is 11.3. The summed E-state index contributed by atoms with van der Waals surface area (Å²) >= 11 is 6.54. The van der Waals surface area contributed by atoms with Crippen LogP contribution in [-0.4, -0.2) is 56.4 Å². The number of carbonyl (C=O) groups excluding carboxylic acids is 3. The van der Waals surface area contributed by atoms with Crippen molar-refractivity contribution < 1.29 is 28.8 Å². The van der Waals surface area contributed by atoms with Gasteiger partial charge < -0.3 is 10.8 Å². The highest BCUT2D eigenvalue weighted by Gasteiger charge is 2.56. The second kappa shape index (κ2) is 10.0. The van der Waals surface area contributed by atoms with E-state index in [1.165, 1.54) is 26.0 Å². The highest BCUT2D eigenvalue weighted by atomic mass is 35.5. The Bertz CT molecular complexity index is 829. The summed E-state index contributed by atoms with van der Waals surface area (Å²) in [4.78, 5) is 50.7. The number of likely N-dealkylation sites (tertiary alicyclic amines) is 1. The first kappa shape index (κ1) is 24.5. The highest BCUT2D eigenvalue weighted by molar-refractivity contribution is 8.14. The quantitative estimate of drug-likeness (QED) is 0.267. The Kier molecular flexibility index (Phi) is 8.21.